The second kappa shape index (κ2) is 6.11. The highest BCUT2D eigenvalue weighted by Crippen LogP contribution is 2.27. The van der Waals surface area contributed by atoms with E-state index in [-0.39, 0.29) is 5.69 Å². The minimum absolute atomic E-state index is 0.0339. The van der Waals surface area contributed by atoms with Crippen LogP contribution in [0.1, 0.15) is 12.2 Å². The molecule has 1 heterocycles. The Kier molecular flexibility index (Phi) is 4.26. The summed E-state index contributed by atoms with van der Waals surface area (Å²) in [5.41, 5.74) is 5.98. The van der Waals surface area contributed by atoms with Crippen molar-refractivity contribution < 1.29 is 9.66 Å². The van der Waals surface area contributed by atoms with Gasteiger partial charge in [-0.1, -0.05) is 0 Å². The molecule has 8 nitrogen and oxygen atoms in total. The summed E-state index contributed by atoms with van der Waals surface area (Å²) in [6.45, 7) is 2.64. The lowest BCUT2D eigenvalue weighted by atomic mass is 10.2. The Balaban J connectivity index is 2.36. The molecule has 1 aromatic carbocycles. The second-order valence-corrected chi connectivity index (χ2v) is 4.14. The third kappa shape index (κ3) is 3.09. The van der Waals surface area contributed by atoms with Crippen LogP contribution in [-0.4, -0.2) is 32.8 Å². The van der Waals surface area contributed by atoms with Crippen LogP contribution in [0.3, 0.4) is 0 Å². The molecule has 20 heavy (non-hydrogen) atoms. The zero-order chi connectivity index (χ0) is 14.5. The van der Waals surface area contributed by atoms with Crippen LogP contribution in [0.5, 0.6) is 5.75 Å². The first-order valence-corrected chi connectivity index (χ1v) is 6.12. The zero-order valence-electron chi connectivity index (χ0n) is 11.0. The summed E-state index contributed by atoms with van der Waals surface area (Å²) in [6.07, 6.45) is 2.20. The van der Waals surface area contributed by atoms with Crippen molar-refractivity contribution in [1.82, 2.24) is 14.8 Å². The zero-order valence-corrected chi connectivity index (χ0v) is 11.0. The maximum absolute atomic E-state index is 10.8. The van der Waals surface area contributed by atoms with Gasteiger partial charge in [0.2, 0.25) is 0 Å². The van der Waals surface area contributed by atoms with Gasteiger partial charge in [-0.3, -0.25) is 10.1 Å². The van der Waals surface area contributed by atoms with E-state index >= 15 is 0 Å². The smallest absolute Gasteiger partial charge is 0.273 e. The first-order valence-electron chi connectivity index (χ1n) is 6.12. The standard InChI is InChI=1S/C12H15N5O3/c1-9-14-8-16(15-9)11-4-3-10(17(18)19)7-12(11)20-6-2-5-13/h3-4,7-8H,2,5-6,13H2,1H3. The number of nitro benzene ring substituents is 1. The lowest BCUT2D eigenvalue weighted by molar-refractivity contribution is -0.384. The van der Waals surface area contributed by atoms with Crippen molar-refractivity contribution in [2.75, 3.05) is 13.2 Å². The number of hydrogen-bond donors (Lipinski definition) is 1. The number of non-ortho nitro benzene ring substituents is 1. The summed E-state index contributed by atoms with van der Waals surface area (Å²) in [5.74, 6) is 0.994. The molecule has 0 aliphatic heterocycles. The van der Waals surface area contributed by atoms with Crippen LogP contribution in [-0.2, 0) is 0 Å². The number of nitrogens with zero attached hydrogens (tertiary/aromatic N) is 4. The van der Waals surface area contributed by atoms with E-state index in [1.165, 1.54) is 23.1 Å². The van der Waals surface area contributed by atoms with Crippen molar-refractivity contribution >= 4 is 5.69 Å². The lowest BCUT2D eigenvalue weighted by Crippen LogP contribution is -2.08. The maximum atomic E-state index is 10.8. The molecule has 0 unspecified atom stereocenters. The van der Waals surface area contributed by atoms with Crippen LogP contribution < -0.4 is 10.5 Å². The van der Waals surface area contributed by atoms with Gasteiger partial charge in [0.25, 0.3) is 5.69 Å². The molecule has 1 aromatic heterocycles. The van der Waals surface area contributed by atoms with E-state index in [4.69, 9.17) is 10.5 Å². The van der Waals surface area contributed by atoms with Gasteiger partial charge in [-0.15, -0.1) is 0 Å². The van der Waals surface area contributed by atoms with Gasteiger partial charge < -0.3 is 10.5 Å². The average molecular weight is 277 g/mol. The summed E-state index contributed by atoms with van der Waals surface area (Å²) in [4.78, 5) is 14.4. The van der Waals surface area contributed by atoms with Gasteiger partial charge in [-0.05, 0) is 26.0 Å². The Labute approximate surface area is 115 Å². The highest BCUT2D eigenvalue weighted by Gasteiger charge is 2.14. The van der Waals surface area contributed by atoms with Gasteiger partial charge in [0.15, 0.2) is 5.75 Å². The fraction of sp³-hybridized carbons (Fsp3) is 0.333. The summed E-state index contributed by atoms with van der Waals surface area (Å²) < 4.78 is 7.08. The van der Waals surface area contributed by atoms with Gasteiger partial charge in [0.1, 0.15) is 17.8 Å². The molecule has 0 amide bonds. The van der Waals surface area contributed by atoms with E-state index in [2.05, 4.69) is 10.1 Å². The average Bonchev–Trinajstić information content (AvgIpc) is 2.85. The highest BCUT2D eigenvalue weighted by atomic mass is 16.6. The molecule has 0 fully saturated rings. The second-order valence-electron chi connectivity index (χ2n) is 4.14. The van der Waals surface area contributed by atoms with Crippen LogP contribution in [0.4, 0.5) is 5.69 Å². The van der Waals surface area contributed by atoms with Crippen molar-refractivity contribution in [3.63, 3.8) is 0 Å². The van der Waals surface area contributed by atoms with Gasteiger partial charge >= 0.3 is 0 Å². The maximum Gasteiger partial charge on any atom is 0.273 e. The monoisotopic (exact) mass is 277 g/mol. The fourth-order valence-corrected chi connectivity index (χ4v) is 1.65. The Bertz CT molecular complexity index is 611. The van der Waals surface area contributed by atoms with Crippen molar-refractivity contribution in [3.05, 3.63) is 40.5 Å². The minimum atomic E-state index is -0.466. The molecule has 0 bridgehead atoms. The molecule has 0 atom stereocenters. The Morgan fingerprint density at radius 1 is 1.50 bits per heavy atom. The Morgan fingerprint density at radius 3 is 2.90 bits per heavy atom. The van der Waals surface area contributed by atoms with Crippen LogP contribution in [0.2, 0.25) is 0 Å². The van der Waals surface area contributed by atoms with Crippen molar-refractivity contribution in [1.29, 1.82) is 0 Å². The molecular weight excluding hydrogens is 262 g/mol. The van der Waals surface area contributed by atoms with Crippen molar-refractivity contribution in [2.45, 2.75) is 13.3 Å². The van der Waals surface area contributed by atoms with Crippen molar-refractivity contribution in [3.8, 4) is 11.4 Å². The number of aromatic nitrogens is 3. The number of benzene rings is 1. The van der Waals surface area contributed by atoms with E-state index in [9.17, 15) is 10.1 Å². The molecule has 0 saturated heterocycles. The van der Waals surface area contributed by atoms with E-state index < -0.39 is 4.92 Å². The van der Waals surface area contributed by atoms with E-state index in [1.807, 2.05) is 0 Å². The fourth-order valence-electron chi connectivity index (χ4n) is 1.65. The molecule has 0 aliphatic rings. The largest absolute Gasteiger partial charge is 0.491 e. The van der Waals surface area contributed by atoms with Gasteiger partial charge in [0, 0.05) is 6.07 Å². The predicted molar refractivity (Wildman–Crippen MR) is 71.9 cm³/mol. The number of nitrogens with two attached hydrogens (primary N) is 1. The summed E-state index contributed by atoms with van der Waals surface area (Å²) in [6, 6.07) is 4.37. The lowest BCUT2D eigenvalue weighted by Gasteiger charge is -2.10. The van der Waals surface area contributed by atoms with Gasteiger partial charge in [-0.25, -0.2) is 9.67 Å². The highest BCUT2D eigenvalue weighted by molar-refractivity contribution is 5.52. The summed E-state index contributed by atoms with van der Waals surface area (Å²) >= 11 is 0. The Hall–Kier alpha value is -2.48. The molecule has 8 heteroatoms. The van der Waals surface area contributed by atoms with Crippen LogP contribution >= 0.6 is 0 Å². The first-order chi connectivity index (χ1) is 9.61. The first kappa shape index (κ1) is 13.9. The number of nitro groups is 1. The van der Waals surface area contributed by atoms with E-state index in [1.54, 1.807) is 13.0 Å². The van der Waals surface area contributed by atoms with Crippen LogP contribution in [0.25, 0.3) is 5.69 Å². The number of ether oxygens (including phenoxy) is 1. The SMILES string of the molecule is Cc1ncn(-c2ccc([N+](=O)[O-])cc2OCCCN)n1. The molecule has 2 N–H and O–H groups in total. The molecule has 0 saturated carbocycles. The van der Waals surface area contributed by atoms with Crippen molar-refractivity contribution in [2.24, 2.45) is 5.73 Å². The minimum Gasteiger partial charge on any atom is -0.491 e. The normalized spacial score (nSPS) is 10.5. The molecule has 0 aliphatic carbocycles. The van der Waals surface area contributed by atoms with Gasteiger partial charge in [0.05, 0.1) is 17.6 Å². The van der Waals surface area contributed by atoms with E-state index in [0.29, 0.717) is 36.8 Å². The molecule has 106 valence electrons. The molecule has 2 aromatic rings. The summed E-state index contributed by atoms with van der Waals surface area (Å²) in [5, 5.41) is 15.0. The molecule has 2 rings (SSSR count). The number of aryl methyl sites for hydroxylation is 1. The van der Waals surface area contributed by atoms with Crippen LogP contribution in [0.15, 0.2) is 24.5 Å². The molecule has 0 radical (unpaired) electrons. The number of hydrogen-bond acceptors (Lipinski definition) is 6. The quantitative estimate of drug-likeness (QED) is 0.483. The number of rotatable bonds is 6. The molecular formula is C12H15N5O3. The van der Waals surface area contributed by atoms with E-state index in [0.717, 1.165) is 0 Å². The third-order valence-electron chi connectivity index (χ3n) is 2.61. The molecule has 0 spiro atoms. The van der Waals surface area contributed by atoms with Gasteiger partial charge in [-0.2, -0.15) is 5.10 Å². The third-order valence-corrected chi connectivity index (χ3v) is 2.61. The predicted octanol–water partition coefficient (Wildman–Crippen LogP) is 1.21. The summed E-state index contributed by atoms with van der Waals surface area (Å²) in [7, 11) is 0. The Morgan fingerprint density at radius 2 is 2.30 bits per heavy atom. The topological polar surface area (TPSA) is 109 Å². The van der Waals surface area contributed by atoms with Crippen LogP contribution in [0, 0.1) is 17.0 Å².